The van der Waals surface area contributed by atoms with Crippen molar-refractivity contribution >= 4 is 17.7 Å². The van der Waals surface area contributed by atoms with Crippen molar-refractivity contribution in [2.75, 3.05) is 6.54 Å². The lowest BCUT2D eigenvalue weighted by atomic mass is 9.98. The Kier molecular flexibility index (Phi) is 5.67. The Hall–Kier alpha value is -0.800. The molecule has 1 aromatic heterocycles. The quantitative estimate of drug-likeness (QED) is 0.888. The number of halogens is 1. The van der Waals surface area contributed by atoms with E-state index in [9.17, 15) is 0 Å². The highest BCUT2D eigenvalue weighted by molar-refractivity contribution is 6.32. The number of hydrogen-bond donors (Lipinski definition) is 1. The van der Waals surface area contributed by atoms with E-state index in [1.54, 1.807) is 0 Å². The van der Waals surface area contributed by atoms with Crippen LogP contribution >= 0.6 is 11.6 Å². The zero-order valence-electron chi connectivity index (χ0n) is 12.9. The number of aromatic nitrogens is 2. The first kappa shape index (κ1) is 15.6. The molecule has 20 heavy (non-hydrogen) atoms. The normalized spacial score (nSPS) is 20.4. The van der Waals surface area contributed by atoms with Gasteiger partial charge < -0.3 is 5.32 Å². The van der Waals surface area contributed by atoms with Gasteiger partial charge >= 0.3 is 0 Å². The van der Waals surface area contributed by atoms with Gasteiger partial charge in [-0.25, -0.2) is 0 Å². The lowest BCUT2D eigenvalue weighted by Gasteiger charge is -2.23. The second-order valence-electron chi connectivity index (χ2n) is 5.66. The van der Waals surface area contributed by atoms with E-state index in [0.29, 0.717) is 6.04 Å². The van der Waals surface area contributed by atoms with Gasteiger partial charge in [0.2, 0.25) is 0 Å². The molecule has 2 heterocycles. The maximum atomic E-state index is 6.45. The van der Waals surface area contributed by atoms with Crippen LogP contribution in [0.1, 0.15) is 57.8 Å². The third-order valence-electron chi connectivity index (χ3n) is 4.00. The minimum absolute atomic E-state index is 0.627. The fraction of sp³-hybridized carbons (Fsp3) is 0.688. The van der Waals surface area contributed by atoms with Crippen molar-refractivity contribution in [3.63, 3.8) is 0 Å². The van der Waals surface area contributed by atoms with Crippen molar-refractivity contribution in [3.05, 3.63) is 22.0 Å². The second kappa shape index (κ2) is 7.28. The zero-order valence-corrected chi connectivity index (χ0v) is 13.6. The molecule has 0 amide bonds. The Balaban J connectivity index is 2.13. The largest absolute Gasteiger partial charge is 0.314 e. The zero-order chi connectivity index (χ0) is 14.5. The Bertz CT molecular complexity index is 470. The summed E-state index contributed by atoms with van der Waals surface area (Å²) in [5, 5.41) is 8.99. The van der Waals surface area contributed by atoms with Crippen LogP contribution in [0.25, 0.3) is 6.08 Å². The summed E-state index contributed by atoms with van der Waals surface area (Å²) >= 11 is 6.45. The van der Waals surface area contributed by atoms with Crippen molar-refractivity contribution in [2.24, 2.45) is 0 Å². The predicted molar refractivity (Wildman–Crippen MR) is 86.2 cm³/mol. The monoisotopic (exact) mass is 295 g/mol. The first-order valence-electron chi connectivity index (χ1n) is 7.81. The van der Waals surface area contributed by atoms with Crippen molar-refractivity contribution in [1.29, 1.82) is 0 Å². The van der Waals surface area contributed by atoms with Gasteiger partial charge in [-0.05, 0) is 52.2 Å². The molecule has 0 spiro atoms. The molecular formula is C16H26ClN3. The minimum Gasteiger partial charge on any atom is -0.314 e. The number of aryl methyl sites for hydroxylation is 2. The molecule has 4 heteroatoms. The first-order chi connectivity index (χ1) is 9.65. The molecule has 0 saturated carbocycles. The summed E-state index contributed by atoms with van der Waals surface area (Å²) in [6.45, 7) is 8.43. The van der Waals surface area contributed by atoms with E-state index >= 15 is 0 Å². The van der Waals surface area contributed by atoms with Gasteiger partial charge in [-0.1, -0.05) is 30.5 Å². The van der Waals surface area contributed by atoms with Gasteiger partial charge in [-0.2, -0.15) is 5.10 Å². The number of piperidine rings is 1. The van der Waals surface area contributed by atoms with Gasteiger partial charge in [0.25, 0.3) is 0 Å². The van der Waals surface area contributed by atoms with Crippen LogP contribution in [0, 0.1) is 0 Å². The lowest BCUT2D eigenvalue weighted by Crippen LogP contribution is -2.33. The topological polar surface area (TPSA) is 29.9 Å². The fourth-order valence-electron chi connectivity index (χ4n) is 2.89. The van der Waals surface area contributed by atoms with Crippen LogP contribution in [0.5, 0.6) is 0 Å². The minimum atomic E-state index is 0.627. The molecule has 0 aliphatic carbocycles. The molecular weight excluding hydrogens is 270 g/mol. The molecule has 1 atom stereocenters. The molecule has 1 aromatic rings. The molecule has 1 unspecified atom stereocenters. The Labute approximate surface area is 127 Å². The number of nitrogens with one attached hydrogen (secondary N) is 1. The fourth-order valence-corrected chi connectivity index (χ4v) is 3.21. The summed E-state index contributed by atoms with van der Waals surface area (Å²) in [5.41, 5.74) is 3.45. The number of hydrogen-bond acceptors (Lipinski definition) is 2. The van der Waals surface area contributed by atoms with Crippen LogP contribution in [0.4, 0.5) is 0 Å². The van der Waals surface area contributed by atoms with Crippen LogP contribution < -0.4 is 5.32 Å². The highest BCUT2D eigenvalue weighted by Crippen LogP contribution is 2.25. The standard InChI is InChI=1S/C16H26ClN3/c1-4-14-16(17)15(20(5-2)19-14)11-12(3)10-13-8-6-7-9-18-13/h11,13,18H,4-10H2,1-3H3/b12-11-. The van der Waals surface area contributed by atoms with Gasteiger partial charge in [0.15, 0.2) is 0 Å². The highest BCUT2D eigenvalue weighted by Gasteiger charge is 2.15. The summed E-state index contributed by atoms with van der Waals surface area (Å²) in [6, 6.07) is 0.627. The summed E-state index contributed by atoms with van der Waals surface area (Å²) < 4.78 is 2.01. The van der Waals surface area contributed by atoms with Crippen LogP contribution in [0.2, 0.25) is 5.02 Å². The Morgan fingerprint density at radius 2 is 2.25 bits per heavy atom. The van der Waals surface area contributed by atoms with Crippen molar-refractivity contribution in [3.8, 4) is 0 Å². The van der Waals surface area contributed by atoms with E-state index in [-0.39, 0.29) is 0 Å². The molecule has 0 bridgehead atoms. The molecule has 2 rings (SSSR count). The molecule has 1 N–H and O–H groups in total. The lowest BCUT2D eigenvalue weighted by molar-refractivity contribution is 0.399. The van der Waals surface area contributed by atoms with E-state index in [2.05, 4.69) is 37.3 Å². The summed E-state index contributed by atoms with van der Waals surface area (Å²) in [7, 11) is 0. The van der Waals surface area contributed by atoms with Crippen molar-refractivity contribution in [1.82, 2.24) is 15.1 Å². The van der Waals surface area contributed by atoms with Gasteiger partial charge in [-0.15, -0.1) is 0 Å². The van der Waals surface area contributed by atoms with Gasteiger partial charge in [0.1, 0.15) is 0 Å². The van der Waals surface area contributed by atoms with Crippen molar-refractivity contribution < 1.29 is 0 Å². The molecule has 1 fully saturated rings. The van der Waals surface area contributed by atoms with Gasteiger partial charge in [-0.3, -0.25) is 4.68 Å². The van der Waals surface area contributed by atoms with Crippen LogP contribution in [0.3, 0.4) is 0 Å². The third kappa shape index (κ3) is 3.64. The van der Waals surface area contributed by atoms with Crippen molar-refractivity contribution in [2.45, 2.75) is 65.5 Å². The molecule has 112 valence electrons. The molecule has 0 aromatic carbocycles. The molecule has 3 nitrogen and oxygen atoms in total. The van der Waals surface area contributed by atoms with Gasteiger partial charge in [0, 0.05) is 12.6 Å². The van der Waals surface area contributed by atoms with E-state index in [4.69, 9.17) is 11.6 Å². The Morgan fingerprint density at radius 3 is 2.85 bits per heavy atom. The van der Waals surface area contributed by atoms with Crippen LogP contribution in [0.15, 0.2) is 5.57 Å². The van der Waals surface area contributed by atoms with E-state index in [1.807, 2.05) is 4.68 Å². The van der Waals surface area contributed by atoms with E-state index < -0.39 is 0 Å². The van der Waals surface area contributed by atoms with Gasteiger partial charge in [0.05, 0.1) is 16.4 Å². The maximum absolute atomic E-state index is 6.45. The van der Waals surface area contributed by atoms with E-state index in [0.717, 1.165) is 42.3 Å². The van der Waals surface area contributed by atoms with Crippen LogP contribution in [-0.4, -0.2) is 22.4 Å². The number of nitrogens with zero attached hydrogens (tertiary/aromatic N) is 2. The van der Waals surface area contributed by atoms with E-state index in [1.165, 1.54) is 24.8 Å². The molecule has 0 radical (unpaired) electrons. The summed E-state index contributed by atoms with van der Waals surface area (Å²) in [5.74, 6) is 0. The average Bonchev–Trinajstić information content (AvgIpc) is 2.76. The van der Waals surface area contributed by atoms with Crippen LogP contribution in [-0.2, 0) is 13.0 Å². The molecule has 1 aliphatic rings. The molecule has 1 saturated heterocycles. The summed E-state index contributed by atoms with van der Waals surface area (Å²) in [4.78, 5) is 0. The third-order valence-corrected chi connectivity index (χ3v) is 4.41. The second-order valence-corrected chi connectivity index (χ2v) is 6.03. The smallest absolute Gasteiger partial charge is 0.0891 e. The molecule has 1 aliphatic heterocycles. The highest BCUT2D eigenvalue weighted by atomic mass is 35.5. The average molecular weight is 296 g/mol. The number of rotatable bonds is 5. The Morgan fingerprint density at radius 1 is 1.45 bits per heavy atom. The SMILES string of the molecule is CCc1nn(CC)c(/C=C(/C)CC2CCCCN2)c1Cl. The first-order valence-corrected chi connectivity index (χ1v) is 8.19. The maximum Gasteiger partial charge on any atom is 0.0891 e. The predicted octanol–water partition coefficient (Wildman–Crippen LogP) is 4.05. The summed E-state index contributed by atoms with van der Waals surface area (Å²) in [6.07, 6.45) is 8.15.